The van der Waals surface area contributed by atoms with Crippen molar-refractivity contribution >= 4 is 5.78 Å². The average Bonchev–Trinajstić information content (AvgIpc) is 2.62. The molecule has 2 rings (SSSR count). The van der Waals surface area contributed by atoms with Crippen LogP contribution in [0.15, 0.2) is 0 Å². The van der Waals surface area contributed by atoms with Gasteiger partial charge in [-0.15, -0.1) is 0 Å². The quantitative estimate of drug-likeness (QED) is 0.501. The Bertz CT molecular complexity index is 168. The lowest BCUT2D eigenvalue weighted by Crippen LogP contribution is -2.23. The maximum atomic E-state index is 11.2. The lowest BCUT2D eigenvalue weighted by atomic mass is 9.80. The van der Waals surface area contributed by atoms with E-state index in [4.69, 9.17) is 0 Å². The molecule has 1 heteroatoms. The molecule has 0 aromatic heterocycles. The van der Waals surface area contributed by atoms with Crippen LogP contribution in [0.1, 0.15) is 39.0 Å². The predicted molar refractivity (Wildman–Crippen MR) is 39.7 cm³/mol. The summed E-state index contributed by atoms with van der Waals surface area (Å²) in [5.74, 6) is 0.884. The summed E-state index contributed by atoms with van der Waals surface area (Å²) in [6.07, 6.45) is 6.02. The van der Waals surface area contributed by atoms with Crippen molar-refractivity contribution < 1.29 is 4.79 Å². The van der Waals surface area contributed by atoms with E-state index in [-0.39, 0.29) is 0 Å². The zero-order valence-corrected chi connectivity index (χ0v) is 6.52. The van der Waals surface area contributed by atoms with Gasteiger partial charge in [-0.2, -0.15) is 0 Å². The van der Waals surface area contributed by atoms with Gasteiger partial charge in [0.05, 0.1) is 0 Å². The Balaban J connectivity index is 2.04. The second-order valence-corrected chi connectivity index (χ2v) is 4.08. The van der Waals surface area contributed by atoms with Crippen LogP contribution in [0.25, 0.3) is 0 Å². The van der Waals surface area contributed by atoms with Gasteiger partial charge in [-0.3, -0.25) is 4.79 Å². The zero-order chi connectivity index (χ0) is 7.19. The van der Waals surface area contributed by atoms with E-state index in [2.05, 4.69) is 6.92 Å². The molecule has 56 valence electrons. The highest BCUT2D eigenvalue weighted by molar-refractivity contribution is 5.82. The van der Waals surface area contributed by atoms with Gasteiger partial charge in [0.1, 0.15) is 5.78 Å². The van der Waals surface area contributed by atoms with Gasteiger partial charge < -0.3 is 0 Å². The molecule has 2 aliphatic carbocycles. The van der Waals surface area contributed by atoms with E-state index in [1.807, 2.05) is 0 Å². The summed E-state index contributed by atoms with van der Waals surface area (Å²) in [4.78, 5) is 11.2. The third-order valence-electron chi connectivity index (χ3n) is 3.16. The Morgan fingerprint density at radius 3 is 2.60 bits per heavy atom. The Kier molecular flexibility index (Phi) is 1.17. The summed E-state index contributed by atoms with van der Waals surface area (Å²) in [5.41, 5.74) is 0.531. The summed E-state index contributed by atoms with van der Waals surface area (Å²) in [6, 6.07) is 0. The van der Waals surface area contributed by atoms with Crippen molar-refractivity contribution in [2.75, 3.05) is 0 Å². The van der Waals surface area contributed by atoms with Crippen molar-refractivity contribution in [2.45, 2.75) is 39.0 Å². The highest BCUT2D eigenvalue weighted by Gasteiger charge is 2.47. The monoisotopic (exact) mass is 138 g/mol. The molecule has 1 nitrogen and oxygen atoms in total. The molecule has 0 N–H and O–H groups in total. The van der Waals surface area contributed by atoms with Crippen molar-refractivity contribution in [3.63, 3.8) is 0 Å². The van der Waals surface area contributed by atoms with E-state index in [0.717, 1.165) is 12.8 Å². The topological polar surface area (TPSA) is 17.1 Å². The molecule has 1 atom stereocenters. The van der Waals surface area contributed by atoms with Crippen LogP contribution < -0.4 is 0 Å². The van der Waals surface area contributed by atoms with Gasteiger partial charge >= 0.3 is 0 Å². The van der Waals surface area contributed by atoms with Gasteiger partial charge in [0, 0.05) is 12.3 Å². The van der Waals surface area contributed by atoms with E-state index in [0.29, 0.717) is 17.1 Å². The lowest BCUT2D eigenvalue weighted by molar-refractivity contribution is -0.125. The summed E-state index contributed by atoms with van der Waals surface area (Å²) >= 11 is 0. The molecule has 0 saturated heterocycles. The minimum atomic E-state index is 0.367. The Morgan fingerprint density at radius 2 is 2.10 bits per heavy atom. The third kappa shape index (κ3) is 0.882. The molecule has 10 heavy (non-hydrogen) atoms. The Labute approximate surface area is 61.8 Å². The van der Waals surface area contributed by atoms with Crippen LogP contribution in [-0.2, 0) is 4.79 Å². The van der Waals surface area contributed by atoms with Gasteiger partial charge in [0.2, 0.25) is 0 Å². The first-order valence-electron chi connectivity index (χ1n) is 4.25. The Morgan fingerprint density at radius 1 is 1.40 bits per heavy atom. The number of hydrogen-bond donors (Lipinski definition) is 0. The van der Waals surface area contributed by atoms with Crippen molar-refractivity contribution in [3.8, 4) is 0 Å². The fourth-order valence-electron chi connectivity index (χ4n) is 1.92. The van der Waals surface area contributed by atoms with Crippen molar-refractivity contribution in [3.05, 3.63) is 0 Å². The number of hydrogen-bond acceptors (Lipinski definition) is 1. The van der Waals surface area contributed by atoms with E-state index in [1.54, 1.807) is 0 Å². The molecule has 0 heterocycles. The number of ketones is 1. The number of carbonyl (C=O) groups excluding carboxylic acids is 1. The largest absolute Gasteiger partial charge is 0.299 e. The predicted octanol–water partition coefficient (Wildman–Crippen LogP) is 2.16. The van der Waals surface area contributed by atoms with Gasteiger partial charge in [-0.1, -0.05) is 6.92 Å². The van der Waals surface area contributed by atoms with Gasteiger partial charge in [0.25, 0.3) is 0 Å². The molecule has 2 fully saturated rings. The zero-order valence-electron chi connectivity index (χ0n) is 6.52. The summed E-state index contributed by atoms with van der Waals surface area (Å²) < 4.78 is 0. The molecule has 0 aliphatic heterocycles. The summed E-state index contributed by atoms with van der Waals surface area (Å²) in [6.45, 7) is 2.07. The molecule has 0 radical (unpaired) electrons. The fraction of sp³-hybridized carbons (Fsp3) is 0.889. The van der Waals surface area contributed by atoms with Crippen LogP contribution in [-0.4, -0.2) is 5.78 Å². The highest BCUT2D eigenvalue weighted by Crippen LogP contribution is 2.55. The first kappa shape index (κ1) is 6.38. The van der Waals surface area contributed by atoms with E-state index >= 15 is 0 Å². The molecule has 0 amide bonds. The van der Waals surface area contributed by atoms with Gasteiger partial charge in [-0.25, -0.2) is 0 Å². The molecule has 2 saturated carbocycles. The van der Waals surface area contributed by atoms with Crippen LogP contribution in [0, 0.1) is 11.3 Å². The van der Waals surface area contributed by atoms with Gasteiger partial charge in [0.15, 0.2) is 0 Å². The van der Waals surface area contributed by atoms with Crippen molar-refractivity contribution in [2.24, 2.45) is 11.3 Å². The van der Waals surface area contributed by atoms with Crippen LogP contribution in [0.2, 0.25) is 0 Å². The lowest BCUT2D eigenvalue weighted by Gasteiger charge is -2.24. The molecule has 2 aliphatic rings. The maximum Gasteiger partial charge on any atom is 0.136 e. The second-order valence-electron chi connectivity index (χ2n) is 4.08. The summed E-state index contributed by atoms with van der Waals surface area (Å²) in [7, 11) is 0. The van der Waals surface area contributed by atoms with Crippen LogP contribution in [0.4, 0.5) is 0 Å². The average molecular weight is 138 g/mol. The standard InChI is InChI=1S/C9H14O/c1-7-2-3-9(4-5-9)6-8(7)10/h7H,2-6H2,1H3. The van der Waals surface area contributed by atoms with E-state index in [9.17, 15) is 4.79 Å². The van der Waals surface area contributed by atoms with Crippen LogP contribution in [0.3, 0.4) is 0 Å². The van der Waals surface area contributed by atoms with Crippen molar-refractivity contribution in [1.29, 1.82) is 0 Å². The molecule has 0 aromatic rings. The molecule has 1 unspecified atom stereocenters. The highest BCUT2D eigenvalue weighted by atomic mass is 16.1. The number of Topliss-reactive ketones (excluding diaryl/α,β-unsaturated/α-hetero) is 1. The summed E-state index contributed by atoms with van der Waals surface area (Å²) in [5, 5.41) is 0. The normalized spacial score (nSPS) is 36.5. The molecule has 0 bridgehead atoms. The van der Waals surface area contributed by atoms with Crippen molar-refractivity contribution in [1.82, 2.24) is 0 Å². The third-order valence-corrected chi connectivity index (χ3v) is 3.16. The Hall–Kier alpha value is -0.330. The maximum absolute atomic E-state index is 11.2. The molecule has 1 spiro atoms. The van der Waals surface area contributed by atoms with Crippen LogP contribution in [0.5, 0.6) is 0 Å². The first-order chi connectivity index (χ1) is 4.72. The SMILES string of the molecule is CC1CCC2(CC2)CC1=O. The van der Waals surface area contributed by atoms with Crippen LogP contribution >= 0.6 is 0 Å². The first-order valence-corrected chi connectivity index (χ1v) is 4.25. The second kappa shape index (κ2) is 1.84. The molecular weight excluding hydrogens is 124 g/mol. The molecular formula is C9H14O. The smallest absolute Gasteiger partial charge is 0.136 e. The van der Waals surface area contributed by atoms with Gasteiger partial charge in [-0.05, 0) is 31.1 Å². The minimum absolute atomic E-state index is 0.367. The fourth-order valence-corrected chi connectivity index (χ4v) is 1.92. The number of carbonyl (C=O) groups is 1. The minimum Gasteiger partial charge on any atom is -0.299 e. The molecule has 0 aromatic carbocycles. The van der Waals surface area contributed by atoms with E-state index in [1.165, 1.54) is 19.3 Å². The number of rotatable bonds is 0. The van der Waals surface area contributed by atoms with E-state index < -0.39 is 0 Å².